The van der Waals surface area contributed by atoms with Crippen LogP contribution in [-0.4, -0.2) is 66.8 Å². The van der Waals surface area contributed by atoms with E-state index in [9.17, 15) is 27.6 Å². The van der Waals surface area contributed by atoms with Gasteiger partial charge in [0.1, 0.15) is 17.6 Å². The Kier molecular flexibility index (Phi) is 7.51. The maximum atomic E-state index is 14.0. The quantitative estimate of drug-likeness (QED) is 0.382. The maximum Gasteiger partial charge on any atom is 0.315 e. The van der Waals surface area contributed by atoms with Crippen molar-refractivity contribution in [1.82, 2.24) is 25.6 Å². The van der Waals surface area contributed by atoms with Crippen LogP contribution in [0.25, 0.3) is 0 Å². The molecule has 12 heteroatoms. The number of fused-ring (bicyclic) bond motifs is 1. The van der Waals surface area contributed by atoms with Crippen molar-refractivity contribution in [3.8, 4) is 0 Å². The minimum Gasteiger partial charge on any atom is -0.340 e. The summed E-state index contributed by atoms with van der Waals surface area (Å²) in [6.07, 6.45) is 0.568. The Morgan fingerprint density at radius 2 is 1.56 bits per heavy atom. The van der Waals surface area contributed by atoms with E-state index in [2.05, 4.69) is 20.7 Å². The Hall–Kier alpha value is -3.15. The molecule has 0 bridgehead atoms. The largest absolute Gasteiger partial charge is 0.340 e. The molecule has 1 saturated heterocycles. The molecule has 4 atom stereocenters. The fraction of sp³-hybridized carbons (Fsp3) is 0.655. The van der Waals surface area contributed by atoms with Crippen LogP contribution < -0.4 is 20.7 Å². The first-order valence-electron chi connectivity index (χ1n) is 14.0. The summed E-state index contributed by atoms with van der Waals surface area (Å²) < 4.78 is 27.6. The highest BCUT2D eigenvalue weighted by molar-refractivity contribution is 7.90. The second-order valence-electron chi connectivity index (χ2n) is 14.4. The first-order chi connectivity index (χ1) is 18.7. The number of nitrogens with one attached hydrogen (secondary N) is 4. The molecule has 3 aliphatic rings. The van der Waals surface area contributed by atoms with Gasteiger partial charge in [-0.1, -0.05) is 52.8 Å². The Labute approximate surface area is 242 Å². The van der Waals surface area contributed by atoms with E-state index < -0.39 is 56.4 Å². The Morgan fingerprint density at radius 1 is 0.976 bits per heavy atom. The van der Waals surface area contributed by atoms with Crippen LogP contribution in [0.15, 0.2) is 35.2 Å². The first kappa shape index (κ1) is 30.8. The topological polar surface area (TPSA) is 154 Å². The summed E-state index contributed by atoms with van der Waals surface area (Å²) in [5, 5.41) is 8.44. The van der Waals surface area contributed by atoms with E-state index in [4.69, 9.17) is 0 Å². The Bertz CT molecular complexity index is 1340. The summed E-state index contributed by atoms with van der Waals surface area (Å²) in [4.78, 5) is 55.2. The van der Waals surface area contributed by atoms with E-state index in [1.807, 2.05) is 55.4 Å². The van der Waals surface area contributed by atoms with Crippen LogP contribution in [0.3, 0.4) is 0 Å². The van der Waals surface area contributed by atoms with Gasteiger partial charge in [-0.25, -0.2) is 17.9 Å². The standard InChI is InChI=1S/C29H43N5O6S/c1-26(2,3)21(30-25(38)32-27(4,5)6)23(36)34-16-18-19(28(18,7)8)20(34)22(35)31-29(14-15-29)24(37)33-41(39,40)17-12-10-9-11-13-17/h9-13,18-21H,14-16H2,1-8H3,(H,31,35)(H,33,37)(H2,30,32,38). The van der Waals surface area contributed by atoms with Crippen LogP contribution >= 0.6 is 0 Å². The first-order valence-corrected chi connectivity index (χ1v) is 15.5. The van der Waals surface area contributed by atoms with Gasteiger partial charge >= 0.3 is 6.03 Å². The second kappa shape index (κ2) is 9.99. The fourth-order valence-corrected chi connectivity index (χ4v) is 6.93. The number of likely N-dealkylation sites (tertiary alicyclic amines) is 1. The molecular formula is C29H43N5O6S. The number of benzene rings is 1. The lowest BCUT2D eigenvalue weighted by atomic mass is 9.85. The van der Waals surface area contributed by atoms with Crippen LogP contribution in [0.4, 0.5) is 4.79 Å². The Balaban J connectivity index is 1.53. The molecule has 226 valence electrons. The third kappa shape index (κ3) is 6.22. The van der Waals surface area contributed by atoms with Crippen molar-refractivity contribution in [3.05, 3.63) is 30.3 Å². The summed E-state index contributed by atoms with van der Waals surface area (Å²) in [6.45, 7) is 15.5. The minimum absolute atomic E-state index is 0.0539. The van der Waals surface area contributed by atoms with E-state index in [0.29, 0.717) is 6.54 Å². The number of hydrogen-bond donors (Lipinski definition) is 4. The highest BCUT2D eigenvalue weighted by Crippen LogP contribution is 2.65. The smallest absolute Gasteiger partial charge is 0.315 e. The second-order valence-corrected chi connectivity index (χ2v) is 16.0. The van der Waals surface area contributed by atoms with E-state index in [0.717, 1.165) is 0 Å². The molecule has 41 heavy (non-hydrogen) atoms. The molecular weight excluding hydrogens is 546 g/mol. The predicted octanol–water partition coefficient (Wildman–Crippen LogP) is 2.14. The average Bonchev–Trinajstić information content (AvgIpc) is 3.65. The monoisotopic (exact) mass is 589 g/mol. The van der Waals surface area contributed by atoms with Crippen molar-refractivity contribution < 1.29 is 27.6 Å². The van der Waals surface area contributed by atoms with Gasteiger partial charge in [-0.2, -0.15) is 0 Å². The van der Waals surface area contributed by atoms with E-state index in [1.54, 1.807) is 18.2 Å². The van der Waals surface area contributed by atoms with Crippen LogP contribution in [-0.2, 0) is 24.4 Å². The molecule has 2 aliphatic carbocycles. The number of nitrogens with zero attached hydrogens (tertiary/aromatic N) is 1. The lowest BCUT2D eigenvalue weighted by Gasteiger charge is -2.38. The van der Waals surface area contributed by atoms with Crippen molar-refractivity contribution in [2.45, 2.75) is 96.3 Å². The van der Waals surface area contributed by atoms with Crippen LogP contribution in [0.2, 0.25) is 0 Å². The van der Waals surface area contributed by atoms with E-state index >= 15 is 0 Å². The molecule has 0 aromatic heterocycles. The van der Waals surface area contributed by atoms with Gasteiger partial charge in [-0.3, -0.25) is 14.4 Å². The minimum atomic E-state index is -4.12. The van der Waals surface area contributed by atoms with Gasteiger partial charge in [0, 0.05) is 12.1 Å². The third-order valence-corrected chi connectivity index (χ3v) is 9.81. The van der Waals surface area contributed by atoms with Crippen LogP contribution in [0.1, 0.15) is 68.2 Å². The zero-order chi connectivity index (χ0) is 30.8. The summed E-state index contributed by atoms with van der Waals surface area (Å²) >= 11 is 0. The lowest BCUT2D eigenvalue weighted by Crippen LogP contribution is -2.62. The number of carbonyl (C=O) groups is 4. The molecule has 0 radical (unpaired) electrons. The van der Waals surface area contributed by atoms with Crippen molar-refractivity contribution in [1.29, 1.82) is 0 Å². The number of piperidine rings is 1. The fourth-order valence-electron chi connectivity index (χ4n) is 5.86. The number of sulfonamides is 1. The number of carbonyl (C=O) groups excluding carboxylic acids is 4. The summed E-state index contributed by atoms with van der Waals surface area (Å²) in [5.74, 6) is -1.69. The highest BCUT2D eigenvalue weighted by Gasteiger charge is 2.70. The Morgan fingerprint density at radius 3 is 2.07 bits per heavy atom. The molecule has 1 aliphatic heterocycles. The molecule has 5 amide bonds. The molecule has 3 fully saturated rings. The van der Waals surface area contributed by atoms with Crippen molar-refractivity contribution in [2.24, 2.45) is 22.7 Å². The summed E-state index contributed by atoms with van der Waals surface area (Å²) in [5.41, 5.74) is -2.70. The molecule has 1 aromatic carbocycles. The lowest BCUT2D eigenvalue weighted by molar-refractivity contribution is -0.144. The van der Waals surface area contributed by atoms with Gasteiger partial charge in [0.2, 0.25) is 11.8 Å². The molecule has 11 nitrogen and oxygen atoms in total. The van der Waals surface area contributed by atoms with Gasteiger partial charge in [0.05, 0.1) is 4.90 Å². The van der Waals surface area contributed by atoms with Crippen molar-refractivity contribution in [3.63, 3.8) is 0 Å². The average molecular weight is 590 g/mol. The summed E-state index contributed by atoms with van der Waals surface area (Å²) in [7, 11) is -4.12. The van der Waals surface area contributed by atoms with Gasteiger partial charge in [0.25, 0.3) is 15.9 Å². The number of amides is 5. The highest BCUT2D eigenvalue weighted by atomic mass is 32.2. The molecule has 0 spiro atoms. The van der Waals surface area contributed by atoms with E-state index in [-0.39, 0.29) is 40.9 Å². The zero-order valence-corrected chi connectivity index (χ0v) is 25.9. The predicted molar refractivity (Wildman–Crippen MR) is 153 cm³/mol. The molecule has 4 unspecified atom stereocenters. The van der Waals surface area contributed by atoms with Gasteiger partial charge in [-0.05, 0) is 68.4 Å². The molecule has 4 rings (SSSR count). The molecule has 2 saturated carbocycles. The molecule has 4 N–H and O–H groups in total. The summed E-state index contributed by atoms with van der Waals surface area (Å²) in [6, 6.07) is 5.30. The zero-order valence-electron chi connectivity index (χ0n) is 25.1. The van der Waals surface area contributed by atoms with Crippen LogP contribution in [0, 0.1) is 22.7 Å². The molecule has 1 heterocycles. The van der Waals surface area contributed by atoms with Crippen molar-refractivity contribution in [2.75, 3.05) is 6.54 Å². The van der Waals surface area contributed by atoms with Gasteiger partial charge in [-0.15, -0.1) is 0 Å². The van der Waals surface area contributed by atoms with Crippen molar-refractivity contribution >= 4 is 33.8 Å². The third-order valence-electron chi connectivity index (χ3n) is 8.46. The number of rotatable bonds is 7. The SMILES string of the molecule is CC(C)(C)NC(=O)NC(C(=O)N1CC2C(C1C(=O)NC1(C(=O)NS(=O)(=O)c3ccccc3)CC1)C2(C)C)C(C)(C)C. The molecule has 1 aromatic rings. The normalized spacial score (nSPS) is 24.9. The number of hydrogen-bond acceptors (Lipinski definition) is 6. The van der Waals surface area contributed by atoms with Crippen LogP contribution in [0.5, 0.6) is 0 Å². The van der Waals surface area contributed by atoms with E-state index in [1.165, 1.54) is 17.0 Å². The number of urea groups is 1. The van der Waals surface area contributed by atoms with Gasteiger partial charge < -0.3 is 20.9 Å². The maximum absolute atomic E-state index is 14.0. The van der Waals surface area contributed by atoms with Gasteiger partial charge in [0.15, 0.2) is 0 Å².